The van der Waals surface area contributed by atoms with Gasteiger partial charge in [-0.2, -0.15) is 5.26 Å². The number of phenolic OH excluding ortho intramolecular Hbond substituents is 1. The van der Waals surface area contributed by atoms with Crippen LogP contribution < -0.4 is 5.73 Å². The fraction of sp³-hybridized carbons (Fsp3) is 0.310. The maximum absolute atomic E-state index is 14.1. The molecule has 40 heavy (non-hydrogen) atoms. The van der Waals surface area contributed by atoms with E-state index in [2.05, 4.69) is 0 Å². The Balaban J connectivity index is 1.79. The number of aliphatic hydroxyl groups is 2. The Labute approximate surface area is 228 Å². The molecule has 0 radical (unpaired) electrons. The molecule has 11 nitrogen and oxygen atoms in total. The molecule has 1 amide bonds. The summed E-state index contributed by atoms with van der Waals surface area (Å²) < 4.78 is 0. The van der Waals surface area contributed by atoms with Crippen molar-refractivity contribution >= 4 is 40.7 Å². The second-order valence-corrected chi connectivity index (χ2v) is 10.6. The van der Waals surface area contributed by atoms with Crippen molar-refractivity contribution in [2.45, 2.75) is 17.7 Å². The highest BCUT2D eigenvalue weighted by atomic mass is 16.3. The molecule has 0 saturated heterocycles. The number of nitrogens with zero attached hydrogens (tertiary/aromatic N) is 2. The lowest BCUT2D eigenvalue weighted by Gasteiger charge is -2.55. The Kier molecular flexibility index (Phi) is 6.30. The molecule has 2 saturated carbocycles. The fourth-order valence-electron chi connectivity index (χ4n) is 6.50. The minimum Gasteiger partial charge on any atom is -0.507 e. The van der Waals surface area contributed by atoms with E-state index >= 15 is 0 Å². The van der Waals surface area contributed by atoms with Crippen molar-refractivity contribution in [1.82, 2.24) is 4.90 Å². The summed E-state index contributed by atoms with van der Waals surface area (Å²) in [5.74, 6) is -13.5. The summed E-state index contributed by atoms with van der Waals surface area (Å²) in [6.45, 7) is 0. The number of hydrogen-bond acceptors (Lipinski definition) is 10. The molecule has 2 aromatic carbocycles. The van der Waals surface area contributed by atoms with Gasteiger partial charge < -0.3 is 21.1 Å². The van der Waals surface area contributed by atoms with Crippen LogP contribution in [0.15, 0.2) is 42.5 Å². The van der Waals surface area contributed by atoms with Gasteiger partial charge in [0, 0.05) is 5.92 Å². The van der Waals surface area contributed by atoms with Gasteiger partial charge in [0.25, 0.3) is 0 Å². The first-order chi connectivity index (χ1) is 18.9. The minimum atomic E-state index is -3.08. The van der Waals surface area contributed by atoms with E-state index in [9.17, 15) is 39.3 Å². The number of nitrogens with two attached hydrogens (primary N) is 1. The highest BCUT2D eigenvalue weighted by Crippen LogP contribution is 2.54. The Bertz CT molecular complexity index is 1570. The van der Waals surface area contributed by atoms with Crippen molar-refractivity contribution in [1.29, 1.82) is 5.26 Å². The molecule has 2 aromatic rings. The number of hydrogen-bond donors (Lipinski definition) is 4. The number of amides is 1. The summed E-state index contributed by atoms with van der Waals surface area (Å²) in [7, 11) is 2.85. The summed E-state index contributed by atoms with van der Waals surface area (Å²) in [5, 5.41) is 43.4. The van der Waals surface area contributed by atoms with Crippen LogP contribution in [0.25, 0.3) is 11.6 Å². The maximum atomic E-state index is 14.1. The summed E-state index contributed by atoms with van der Waals surface area (Å²) in [6, 6.07) is 11.1. The number of phenols is 1. The molecule has 5 N–H and O–H groups in total. The normalized spacial score (nSPS) is 32.4. The predicted molar refractivity (Wildman–Crippen MR) is 138 cm³/mol. The van der Waals surface area contributed by atoms with Crippen LogP contribution in [0, 0.1) is 35.0 Å². The van der Waals surface area contributed by atoms with Crippen LogP contribution >= 0.6 is 0 Å². The predicted octanol–water partition coefficient (Wildman–Crippen LogP) is -0.292. The fourth-order valence-corrected chi connectivity index (χ4v) is 6.50. The number of aromatic hydroxyl groups is 1. The van der Waals surface area contributed by atoms with Gasteiger partial charge in [0.2, 0.25) is 5.91 Å². The molecule has 0 aromatic heterocycles. The van der Waals surface area contributed by atoms with Crippen molar-refractivity contribution in [3.05, 3.63) is 64.7 Å². The van der Waals surface area contributed by atoms with Crippen LogP contribution in [-0.4, -0.2) is 81.1 Å². The summed E-state index contributed by atoms with van der Waals surface area (Å²) in [4.78, 5) is 68.1. The van der Waals surface area contributed by atoms with Gasteiger partial charge in [-0.3, -0.25) is 28.9 Å². The van der Waals surface area contributed by atoms with E-state index in [-0.39, 0.29) is 16.7 Å². The zero-order valence-electron chi connectivity index (χ0n) is 21.4. The zero-order valence-corrected chi connectivity index (χ0v) is 21.4. The third-order valence-electron chi connectivity index (χ3n) is 8.23. The lowest BCUT2D eigenvalue weighted by Crippen LogP contribution is -2.77. The number of likely N-dealkylation sites (N-methyl/N-ethyl adjacent to an activating group) is 1. The third kappa shape index (κ3) is 3.57. The van der Waals surface area contributed by atoms with E-state index in [1.807, 2.05) is 6.07 Å². The number of rotatable bonds is 3. The number of fused-ring (bicyclic) bond motifs is 3. The highest BCUT2D eigenvalue weighted by Gasteiger charge is 2.72. The second-order valence-electron chi connectivity index (χ2n) is 10.6. The SMILES string of the molecule is CN(C)[C@H]1C(=O)C(C(N)=O)C(=O)[C@]2(O)C(=O)C3C(=O)c4c(O)cccc4C(=Cc4ccc(C#N)cc4)[C@@H]3[C@@H](O)[C@H]12. The first kappa shape index (κ1) is 27.1. The zero-order chi connectivity index (χ0) is 29.3. The monoisotopic (exact) mass is 543 g/mol. The molecule has 3 aliphatic carbocycles. The van der Waals surface area contributed by atoms with Crippen LogP contribution in [0.1, 0.15) is 27.0 Å². The van der Waals surface area contributed by atoms with Crippen LogP contribution in [0.5, 0.6) is 5.75 Å². The molecule has 2 fully saturated rings. The van der Waals surface area contributed by atoms with Gasteiger partial charge in [-0.05, 0) is 49.0 Å². The van der Waals surface area contributed by atoms with E-state index in [4.69, 9.17) is 11.0 Å². The van der Waals surface area contributed by atoms with Gasteiger partial charge in [0.15, 0.2) is 34.7 Å². The van der Waals surface area contributed by atoms with Crippen molar-refractivity contribution in [2.24, 2.45) is 29.4 Å². The average Bonchev–Trinajstić information content (AvgIpc) is 2.90. The summed E-state index contributed by atoms with van der Waals surface area (Å²) in [6.07, 6.45) is -0.223. The van der Waals surface area contributed by atoms with E-state index < -0.39 is 76.2 Å². The van der Waals surface area contributed by atoms with Gasteiger partial charge in [-0.25, -0.2) is 0 Å². The number of benzene rings is 2. The van der Waals surface area contributed by atoms with E-state index in [1.165, 1.54) is 37.2 Å². The molecule has 0 spiro atoms. The topological polar surface area (TPSA) is 199 Å². The number of primary amides is 1. The summed E-state index contributed by atoms with van der Waals surface area (Å²) >= 11 is 0. The molecule has 0 bridgehead atoms. The number of carbonyl (C=O) groups is 5. The van der Waals surface area contributed by atoms with Gasteiger partial charge >= 0.3 is 0 Å². The Morgan fingerprint density at radius 3 is 2.30 bits per heavy atom. The van der Waals surface area contributed by atoms with Crippen molar-refractivity contribution in [2.75, 3.05) is 14.1 Å². The van der Waals surface area contributed by atoms with Crippen LogP contribution in [-0.2, 0) is 19.2 Å². The van der Waals surface area contributed by atoms with Crippen LogP contribution in [0.2, 0.25) is 0 Å². The van der Waals surface area contributed by atoms with Crippen molar-refractivity contribution in [3.63, 3.8) is 0 Å². The lowest BCUT2D eigenvalue weighted by atomic mass is 9.50. The third-order valence-corrected chi connectivity index (χ3v) is 8.23. The Morgan fingerprint density at radius 2 is 1.73 bits per heavy atom. The van der Waals surface area contributed by atoms with Gasteiger partial charge in [0.05, 0.1) is 41.2 Å². The van der Waals surface area contributed by atoms with E-state index in [0.717, 1.165) is 0 Å². The second kappa shape index (κ2) is 9.31. The largest absolute Gasteiger partial charge is 0.507 e. The first-order valence-electron chi connectivity index (χ1n) is 12.4. The van der Waals surface area contributed by atoms with Crippen molar-refractivity contribution < 1.29 is 39.3 Å². The lowest BCUT2D eigenvalue weighted by molar-refractivity contribution is -0.192. The maximum Gasteiger partial charge on any atom is 0.235 e. The number of Topliss-reactive ketones (excluding diaryl/α,β-unsaturated/α-hetero) is 4. The molecular formula is C29H25N3O8. The van der Waals surface area contributed by atoms with Gasteiger partial charge in [-0.15, -0.1) is 0 Å². The number of carbonyl (C=O) groups excluding carboxylic acids is 5. The Hall–Kier alpha value is -4.50. The molecule has 0 heterocycles. The number of aliphatic hydroxyl groups excluding tert-OH is 1. The average molecular weight is 544 g/mol. The van der Waals surface area contributed by atoms with E-state index in [1.54, 1.807) is 30.3 Å². The smallest absolute Gasteiger partial charge is 0.235 e. The summed E-state index contributed by atoms with van der Waals surface area (Å²) in [5.41, 5.74) is 3.39. The standard InChI is InChI=1S/C29H25N3O8/c1-32(2)22-21-24(35)18-15(10-12-6-8-13(11-30)9-7-12)14-4-3-5-16(33)17(14)23(34)19(18)26(37)29(21,40)27(38)20(25(22)36)28(31)39/h3-10,18-22,24,33,35,40H,1-2H3,(H2,31,39)/t18-,19?,20?,21-,22+,24+,29+/m0/s1. The molecular weight excluding hydrogens is 518 g/mol. The molecule has 204 valence electrons. The first-order valence-corrected chi connectivity index (χ1v) is 12.4. The molecule has 11 heteroatoms. The minimum absolute atomic E-state index is 0.220. The highest BCUT2D eigenvalue weighted by molar-refractivity contribution is 6.33. The molecule has 5 rings (SSSR count). The number of nitriles is 1. The van der Waals surface area contributed by atoms with Crippen LogP contribution in [0.3, 0.4) is 0 Å². The Morgan fingerprint density at radius 1 is 1.07 bits per heavy atom. The van der Waals surface area contributed by atoms with E-state index in [0.29, 0.717) is 11.1 Å². The van der Waals surface area contributed by atoms with Crippen LogP contribution in [0.4, 0.5) is 0 Å². The van der Waals surface area contributed by atoms with Gasteiger partial charge in [-0.1, -0.05) is 30.3 Å². The molecule has 0 aliphatic heterocycles. The number of ketones is 4. The van der Waals surface area contributed by atoms with Gasteiger partial charge in [0.1, 0.15) is 5.75 Å². The quantitative estimate of drug-likeness (QED) is 0.373. The molecule has 2 unspecified atom stereocenters. The van der Waals surface area contributed by atoms with Crippen molar-refractivity contribution in [3.8, 4) is 11.8 Å². The molecule has 7 atom stereocenters. The molecule has 3 aliphatic rings.